The van der Waals surface area contributed by atoms with Gasteiger partial charge in [-0.05, 0) is 0 Å². The number of nitrogen functional groups attached to an aromatic ring is 1. The number of aliphatic hydroxyl groups is 2. The number of rotatable bonds is 22. The summed E-state index contributed by atoms with van der Waals surface area (Å²) >= 11 is 0.781. The van der Waals surface area contributed by atoms with E-state index in [2.05, 4.69) is 34.4 Å². The number of carbonyl (C=O) groups is 4. The number of hydrogen-bond acceptors (Lipinski definition) is 20. The molecule has 0 radical (unpaired) electrons. The molecule has 57 heavy (non-hydrogen) atoms. The minimum Gasteiger partial charge on any atom is -0.480 e. The predicted octanol–water partition coefficient (Wildman–Crippen LogP) is -2.29. The van der Waals surface area contributed by atoms with Gasteiger partial charge in [0.1, 0.15) is 42.3 Å². The standard InChI is InChI=1S/C26H43N8O19P3S/c1-12(15(27)24(39)40)25(41)57-7-6-29-14(35)4-5-30-22(38)19(37)26(2,3)9-50-56(47,48)53-55(45,46)49-8-13-18(52-54(42,43)44)17(36)23(51-13)34-11-33-16-20(28)31-10-32-21(16)34/h10-13,15,17-19,23,36-37H,4-9,27H2,1-3H3,(H,29,35)(H,30,38)(H,39,40)(H,45,46)(H,47,48)(H2,28,31,32)(H2,42,43,44)/t12-,13?,15+,17?,18?,19?,23?/m0/s1. The number of carbonyl (C=O) groups excluding carboxylic acids is 3. The Morgan fingerprint density at radius 2 is 1.70 bits per heavy atom. The number of aromatic nitrogens is 4. The molecule has 322 valence electrons. The average Bonchev–Trinajstić information content (AvgIpc) is 3.67. The number of carboxylic acids is 1. The van der Waals surface area contributed by atoms with Gasteiger partial charge < -0.3 is 61.7 Å². The SMILES string of the molecule is C[C@H](C(=O)SCCNC(=O)CCNC(=O)C(O)C(C)(C)COP(=O)(O)OP(=O)(O)OCC1OC(n2cnc3c(N)ncnc32)C(O)C1OP(=O)(O)O)[C@@H](N)C(=O)O. The van der Waals surface area contributed by atoms with Gasteiger partial charge in [-0.15, -0.1) is 0 Å². The highest BCUT2D eigenvalue weighted by atomic mass is 32.2. The van der Waals surface area contributed by atoms with E-state index in [0.29, 0.717) is 0 Å². The van der Waals surface area contributed by atoms with Crippen LogP contribution in [0.5, 0.6) is 0 Å². The van der Waals surface area contributed by atoms with Gasteiger partial charge in [0.05, 0.1) is 25.5 Å². The van der Waals surface area contributed by atoms with Crippen LogP contribution in [0.3, 0.4) is 0 Å². The van der Waals surface area contributed by atoms with Crippen LogP contribution in [0, 0.1) is 11.3 Å². The van der Waals surface area contributed by atoms with Crippen LogP contribution >= 0.6 is 35.2 Å². The molecule has 13 N–H and O–H groups in total. The van der Waals surface area contributed by atoms with E-state index in [9.17, 15) is 62.7 Å². The van der Waals surface area contributed by atoms with Crippen molar-refractivity contribution in [3.8, 4) is 0 Å². The maximum Gasteiger partial charge on any atom is 0.481 e. The molecule has 31 heteroatoms. The summed E-state index contributed by atoms with van der Waals surface area (Å²) < 4.78 is 62.0. The molecule has 0 spiro atoms. The van der Waals surface area contributed by atoms with Crippen LogP contribution in [-0.4, -0.2) is 140 Å². The lowest BCUT2D eigenvalue weighted by Gasteiger charge is -2.30. The summed E-state index contributed by atoms with van der Waals surface area (Å²) in [5.74, 6) is -3.81. The Bertz CT molecular complexity index is 1920. The van der Waals surface area contributed by atoms with Crippen molar-refractivity contribution in [2.75, 3.05) is 37.8 Å². The number of aliphatic hydroxyl groups excluding tert-OH is 2. The Kier molecular flexibility index (Phi) is 16.8. The van der Waals surface area contributed by atoms with Gasteiger partial charge in [0.15, 0.2) is 22.8 Å². The van der Waals surface area contributed by atoms with Gasteiger partial charge in [-0.25, -0.2) is 28.6 Å². The number of anilines is 1. The van der Waals surface area contributed by atoms with E-state index in [-0.39, 0.29) is 42.2 Å². The van der Waals surface area contributed by atoms with Gasteiger partial charge in [-0.2, -0.15) is 4.31 Å². The second kappa shape index (κ2) is 19.8. The smallest absolute Gasteiger partial charge is 0.480 e. The molecule has 27 nitrogen and oxygen atoms in total. The second-order valence-corrected chi connectivity index (χ2v) is 18.2. The topological polar surface area (TPSA) is 427 Å². The van der Waals surface area contributed by atoms with Crippen molar-refractivity contribution in [2.24, 2.45) is 17.1 Å². The van der Waals surface area contributed by atoms with E-state index in [1.807, 2.05) is 0 Å². The number of nitrogens with zero attached hydrogens (tertiary/aromatic N) is 4. The molecule has 3 heterocycles. The number of thioether (sulfide) groups is 1. The Hall–Kier alpha value is -3.01. The maximum atomic E-state index is 12.7. The molecule has 0 aromatic carbocycles. The number of phosphoric acid groups is 3. The number of carboxylic acid groups (broad SMARTS) is 1. The quantitative estimate of drug-likeness (QED) is 0.0438. The first-order valence-electron chi connectivity index (χ1n) is 16.3. The van der Waals surface area contributed by atoms with Crippen molar-refractivity contribution in [1.82, 2.24) is 30.2 Å². The zero-order valence-electron chi connectivity index (χ0n) is 30.2. The zero-order valence-corrected chi connectivity index (χ0v) is 33.7. The normalized spacial score (nSPS) is 22.6. The van der Waals surface area contributed by atoms with Crippen LogP contribution in [-0.2, 0) is 55.5 Å². The second-order valence-electron chi connectivity index (χ2n) is 12.9. The molecule has 2 amide bonds. The van der Waals surface area contributed by atoms with Crippen molar-refractivity contribution in [3.05, 3.63) is 12.7 Å². The molecule has 0 saturated carbocycles. The lowest BCUT2D eigenvalue weighted by atomic mass is 9.87. The van der Waals surface area contributed by atoms with Gasteiger partial charge in [0, 0.05) is 30.7 Å². The number of nitrogens with one attached hydrogen (secondary N) is 2. The number of nitrogens with two attached hydrogens (primary N) is 2. The molecule has 2 aromatic rings. The van der Waals surface area contributed by atoms with Crippen LogP contribution < -0.4 is 22.1 Å². The molecule has 2 aromatic heterocycles. The highest BCUT2D eigenvalue weighted by Crippen LogP contribution is 2.61. The number of aliphatic carboxylic acids is 1. The molecule has 7 unspecified atom stereocenters. The minimum atomic E-state index is -5.60. The number of imidazole rings is 1. The number of fused-ring (bicyclic) bond motifs is 1. The summed E-state index contributed by atoms with van der Waals surface area (Å²) in [6.07, 6.45) is -7.15. The summed E-state index contributed by atoms with van der Waals surface area (Å²) in [5.41, 5.74) is 9.60. The van der Waals surface area contributed by atoms with Crippen LogP contribution in [0.25, 0.3) is 11.2 Å². The zero-order chi connectivity index (χ0) is 43.1. The number of ether oxygens (including phenoxy) is 1. The van der Waals surface area contributed by atoms with Crippen LogP contribution in [0.1, 0.15) is 33.4 Å². The van der Waals surface area contributed by atoms with Crippen molar-refractivity contribution in [3.63, 3.8) is 0 Å². The fourth-order valence-corrected chi connectivity index (χ4v) is 8.42. The van der Waals surface area contributed by atoms with Crippen LogP contribution in [0.15, 0.2) is 12.7 Å². The van der Waals surface area contributed by atoms with E-state index < -0.39 is 108 Å². The third-order valence-electron chi connectivity index (χ3n) is 7.94. The molecular weight excluding hydrogens is 853 g/mol. The fourth-order valence-electron chi connectivity index (χ4n) is 4.77. The monoisotopic (exact) mass is 896 g/mol. The first-order valence-corrected chi connectivity index (χ1v) is 21.8. The van der Waals surface area contributed by atoms with Gasteiger partial charge in [-0.3, -0.25) is 37.3 Å². The van der Waals surface area contributed by atoms with Gasteiger partial charge in [-0.1, -0.05) is 32.5 Å². The van der Waals surface area contributed by atoms with Gasteiger partial charge >= 0.3 is 29.4 Å². The van der Waals surface area contributed by atoms with Crippen molar-refractivity contribution in [1.29, 1.82) is 0 Å². The fraction of sp³-hybridized carbons (Fsp3) is 0.654. The number of amides is 2. The summed E-state index contributed by atoms with van der Waals surface area (Å²) in [4.78, 5) is 98.4. The number of hydrogen-bond donors (Lipinski definition) is 11. The molecule has 1 aliphatic heterocycles. The van der Waals surface area contributed by atoms with Gasteiger partial charge in [0.25, 0.3) is 0 Å². The predicted molar refractivity (Wildman–Crippen MR) is 192 cm³/mol. The Morgan fingerprint density at radius 3 is 2.33 bits per heavy atom. The average molecular weight is 897 g/mol. The highest BCUT2D eigenvalue weighted by molar-refractivity contribution is 8.13. The number of phosphoric ester groups is 3. The molecule has 0 bridgehead atoms. The lowest BCUT2D eigenvalue weighted by molar-refractivity contribution is -0.141. The molecule has 1 saturated heterocycles. The maximum absolute atomic E-state index is 12.7. The van der Waals surface area contributed by atoms with Crippen molar-refractivity contribution in [2.45, 2.75) is 63.9 Å². The first-order chi connectivity index (χ1) is 26.2. The summed E-state index contributed by atoms with van der Waals surface area (Å²) in [6, 6.07) is -1.38. The van der Waals surface area contributed by atoms with E-state index in [1.54, 1.807) is 0 Å². The Balaban J connectivity index is 1.48. The van der Waals surface area contributed by atoms with E-state index in [1.165, 1.54) is 20.8 Å². The molecular formula is C26H43N8O19P3S. The Labute approximate surface area is 326 Å². The molecule has 1 fully saturated rings. The van der Waals surface area contributed by atoms with Crippen molar-refractivity contribution < 1.29 is 90.4 Å². The lowest BCUT2D eigenvalue weighted by Crippen LogP contribution is -2.46. The van der Waals surface area contributed by atoms with Crippen molar-refractivity contribution >= 4 is 75.1 Å². The summed E-state index contributed by atoms with van der Waals surface area (Å²) in [5, 5.41) is 34.6. The van der Waals surface area contributed by atoms with E-state index in [0.717, 1.165) is 29.0 Å². The van der Waals surface area contributed by atoms with Gasteiger partial charge in [0.2, 0.25) is 11.8 Å². The van der Waals surface area contributed by atoms with E-state index >= 15 is 0 Å². The summed E-state index contributed by atoms with van der Waals surface area (Å²) in [7, 11) is -16.5. The molecule has 1 aliphatic rings. The largest absolute Gasteiger partial charge is 0.481 e. The van der Waals surface area contributed by atoms with Crippen LogP contribution in [0.4, 0.5) is 5.82 Å². The Morgan fingerprint density at radius 1 is 1.05 bits per heavy atom. The minimum absolute atomic E-state index is 0.0165. The molecule has 0 aliphatic carbocycles. The van der Waals surface area contributed by atoms with E-state index in [4.69, 9.17) is 30.4 Å². The third kappa shape index (κ3) is 14.1. The summed E-state index contributed by atoms with van der Waals surface area (Å²) in [6.45, 7) is 1.47. The molecule has 9 atom stereocenters. The third-order valence-corrected chi connectivity index (χ3v) is 12.1. The van der Waals surface area contributed by atoms with Crippen LogP contribution in [0.2, 0.25) is 0 Å². The molecule has 3 rings (SSSR count). The highest BCUT2D eigenvalue weighted by Gasteiger charge is 2.50. The first kappa shape index (κ1) is 48.4.